The Bertz CT molecular complexity index is 1390. The minimum Gasteiger partial charge on any atom is -0.497 e. The van der Waals surface area contributed by atoms with E-state index in [4.69, 9.17) is 9.47 Å². The molecule has 0 spiro atoms. The van der Waals surface area contributed by atoms with Gasteiger partial charge in [0.1, 0.15) is 23.6 Å². The summed E-state index contributed by atoms with van der Waals surface area (Å²) in [6.45, 7) is 0.750. The van der Waals surface area contributed by atoms with Crippen molar-refractivity contribution in [1.82, 2.24) is 15.0 Å². The van der Waals surface area contributed by atoms with Gasteiger partial charge in [-0.1, -0.05) is 18.2 Å². The summed E-state index contributed by atoms with van der Waals surface area (Å²) in [4.78, 5) is 12.3. The van der Waals surface area contributed by atoms with Crippen LogP contribution in [0, 0.1) is 0 Å². The zero-order valence-electron chi connectivity index (χ0n) is 18.1. The van der Waals surface area contributed by atoms with Gasteiger partial charge >= 0.3 is 0 Å². The number of ether oxygens (including phenoxy) is 2. The molecule has 0 radical (unpaired) electrons. The van der Waals surface area contributed by atoms with Gasteiger partial charge in [-0.15, -0.1) is 0 Å². The Labute approximate surface area is 186 Å². The minimum atomic E-state index is 0.750. The van der Waals surface area contributed by atoms with Crippen molar-refractivity contribution in [2.24, 2.45) is 0 Å². The van der Waals surface area contributed by atoms with Crippen molar-refractivity contribution in [3.63, 3.8) is 0 Å². The lowest BCUT2D eigenvalue weighted by Crippen LogP contribution is -2.07. The quantitative estimate of drug-likeness (QED) is 0.363. The highest BCUT2D eigenvalue weighted by atomic mass is 16.5. The fourth-order valence-electron chi connectivity index (χ4n) is 3.99. The number of aromatic nitrogens is 3. The molecule has 6 nitrogen and oxygen atoms in total. The second-order valence-corrected chi connectivity index (χ2v) is 7.59. The number of rotatable bonds is 7. The lowest BCUT2D eigenvalue weighted by atomic mass is 10.0. The zero-order chi connectivity index (χ0) is 21.9. The van der Waals surface area contributed by atoms with E-state index >= 15 is 0 Å². The van der Waals surface area contributed by atoms with Gasteiger partial charge in [0, 0.05) is 29.0 Å². The number of aromatic amines is 1. The van der Waals surface area contributed by atoms with Crippen molar-refractivity contribution >= 4 is 27.6 Å². The molecule has 6 heteroatoms. The first-order valence-corrected chi connectivity index (χ1v) is 10.5. The lowest BCUT2D eigenvalue weighted by Gasteiger charge is -2.10. The van der Waals surface area contributed by atoms with Crippen LogP contribution in [0.15, 0.2) is 73.2 Å². The number of hydrogen-bond donors (Lipinski definition) is 2. The van der Waals surface area contributed by atoms with Crippen LogP contribution < -0.4 is 14.8 Å². The van der Waals surface area contributed by atoms with Crippen LogP contribution in [0.5, 0.6) is 11.5 Å². The highest BCUT2D eigenvalue weighted by Crippen LogP contribution is 2.29. The van der Waals surface area contributed by atoms with Gasteiger partial charge in [-0.2, -0.15) is 0 Å². The molecule has 0 amide bonds. The minimum absolute atomic E-state index is 0.750. The van der Waals surface area contributed by atoms with Crippen molar-refractivity contribution in [1.29, 1.82) is 0 Å². The van der Waals surface area contributed by atoms with Gasteiger partial charge in [-0.25, -0.2) is 9.97 Å². The predicted octanol–water partition coefficient (Wildman–Crippen LogP) is 5.45. The van der Waals surface area contributed by atoms with Gasteiger partial charge in [0.2, 0.25) is 0 Å². The first kappa shape index (κ1) is 19.9. The third-order valence-electron chi connectivity index (χ3n) is 5.70. The average Bonchev–Trinajstić information content (AvgIpc) is 3.26. The van der Waals surface area contributed by atoms with Crippen LogP contribution in [0.25, 0.3) is 32.9 Å². The molecule has 0 bridgehead atoms. The Morgan fingerprint density at radius 2 is 1.69 bits per heavy atom. The van der Waals surface area contributed by atoms with E-state index in [1.165, 1.54) is 10.9 Å². The summed E-state index contributed by atoms with van der Waals surface area (Å²) in [5, 5.41) is 5.67. The molecule has 0 aliphatic heterocycles. The van der Waals surface area contributed by atoms with Crippen LogP contribution in [0.2, 0.25) is 0 Å². The summed E-state index contributed by atoms with van der Waals surface area (Å²) in [6, 6.07) is 20.4. The Morgan fingerprint density at radius 1 is 0.844 bits per heavy atom. The summed E-state index contributed by atoms with van der Waals surface area (Å²) in [7, 11) is 3.37. The van der Waals surface area contributed by atoms with E-state index in [0.717, 1.165) is 57.8 Å². The Morgan fingerprint density at radius 3 is 2.56 bits per heavy atom. The van der Waals surface area contributed by atoms with Gasteiger partial charge in [-0.05, 0) is 65.6 Å². The standard InChI is InChI=1S/C26H24N4O2/c1-31-20-5-3-4-17(12-20)18-6-8-25-23(13-18)26(30-16-29-25)27-11-10-19-15-28-24-9-7-21(32-2)14-22(19)24/h3-9,12-16,28H,10-11H2,1-2H3,(H,27,29,30). The maximum Gasteiger partial charge on any atom is 0.137 e. The molecule has 160 valence electrons. The van der Waals surface area contributed by atoms with E-state index in [-0.39, 0.29) is 0 Å². The molecule has 5 aromatic rings. The number of anilines is 1. The Hall–Kier alpha value is -4.06. The molecule has 0 saturated heterocycles. The van der Waals surface area contributed by atoms with E-state index in [1.54, 1.807) is 20.5 Å². The zero-order valence-corrected chi connectivity index (χ0v) is 18.1. The first-order chi connectivity index (χ1) is 15.7. The fourth-order valence-corrected chi connectivity index (χ4v) is 3.99. The van der Waals surface area contributed by atoms with E-state index < -0.39 is 0 Å². The Kier molecular flexibility index (Phi) is 5.34. The van der Waals surface area contributed by atoms with E-state index in [1.807, 2.05) is 36.4 Å². The van der Waals surface area contributed by atoms with Crippen LogP contribution >= 0.6 is 0 Å². The molecule has 0 aliphatic carbocycles. The van der Waals surface area contributed by atoms with Gasteiger partial charge < -0.3 is 19.8 Å². The fraction of sp³-hybridized carbons (Fsp3) is 0.154. The maximum absolute atomic E-state index is 5.38. The number of H-pyrrole nitrogens is 1. The third kappa shape index (κ3) is 3.83. The van der Waals surface area contributed by atoms with Crippen LogP contribution in [0.4, 0.5) is 5.82 Å². The summed E-state index contributed by atoms with van der Waals surface area (Å²) in [6.07, 6.45) is 4.52. The number of nitrogens with one attached hydrogen (secondary N) is 2. The number of methoxy groups -OCH3 is 2. The second kappa shape index (κ2) is 8.59. The summed E-state index contributed by atoms with van der Waals surface area (Å²) in [5.74, 6) is 2.52. The number of benzene rings is 3. The average molecular weight is 425 g/mol. The highest BCUT2D eigenvalue weighted by molar-refractivity contribution is 5.92. The number of fused-ring (bicyclic) bond motifs is 2. The molecule has 0 aliphatic rings. The molecular formula is C26H24N4O2. The monoisotopic (exact) mass is 424 g/mol. The molecule has 2 N–H and O–H groups in total. The van der Waals surface area contributed by atoms with Gasteiger partial charge in [0.15, 0.2) is 0 Å². The molecule has 2 aromatic heterocycles. The maximum atomic E-state index is 5.38. The molecule has 5 rings (SSSR count). The van der Waals surface area contributed by atoms with Gasteiger partial charge in [0.25, 0.3) is 0 Å². The number of hydrogen-bond acceptors (Lipinski definition) is 5. The van der Waals surface area contributed by atoms with Crippen LogP contribution in [0.3, 0.4) is 0 Å². The topological polar surface area (TPSA) is 72.1 Å². The van der Waals surface area contributed by atoms with Gasteiger partial charge in [-0.3, -0.25) is 0 Å². The molecule has 3 aromatic carbocycles. The van der Waals surface area contributed by atoms with E-state index in [0.29, 0.717) is 0 Å². The van der Waals surface area contributed by atoms with Crippen molar-refractivity contribution < 1.29 is 9.47 Å². The summed E-state index contributed by atoms with van der Waals surface area (Å²) in [5.41, 5.74) is 5.44. The molecule has 32 heavy (non-hydrogen) atoms. The van der Waals surface area contributed by atoms with Crippen LogP contribution in [-0.2, 0) is 6.42 Å². The molecule has 2 heterocycles. The molecule has 0 saturated carbocycles. The van der Waals surface area contributed by atoms with Crippen molar-refractivity contribution in [2.45, 2.75) is 6.42 Å². The molecule has 0 unspecified atom stereocenters. The summed E-state index contributed by atoms with van der Waals surface area (Å²) < 4.78 is 10.8. The van der Waals surface area contributed by atoms with Crippen LogP contribution in [-0.4, -0.2) is 35.7 Å². The second-order valence-electron chi connectivity index (χ2n) is 7.59. The molecular weight excluding hydrogens is 400 g/mol. The smallest absolute Gasteiger partial charge is 0.137 e. The first-order valence-electron chi connectivity index (χ1n) is 10.5. The van der Waals surface area contributed by atoms with Crippen LogP contribution in [0.1, 0.15) is 5.56 Å². The Balaban J connectivity index is 1.39. The van der Waals surface area contributed by atoms with E-state index in [2.05, 4.69) is 50.7 Å². The highest BCUT2D eigenvalue weighted by Gasteiger charge is 2.09. The molecule has 0 atom stereocenters. The van der Waals surface area contributed by atoms with E-state index in [9.17, 15) is 0 Å². The lowest BCUT2D eigenvalue weighted by molar-refractivity contribution is 0.415. The molecule has 0 fully saturated rings. The third-order valence-corrected chi connectivity index (χ3v) is 5.70. The van der Waals surface area contributed by atoms with Crippen molar-refractivity contribution in [2.75, 3.05) is 26.1 Å². The number of nitrogens with zero attached hydrogens (tertiary/aromatic N) is 2. The SMILES string of the molecule is COc1cccc(-c2ccc3ncnc(NCCc4c[nH]c5ccc(OC)cc45)c3c2)c1. The van der Waals surface area contributed by atoms with Crippen molar-refractivity contribution in [3.05, 3.63) is 78.8 Å². The summed E-state index contributed by atoms with van der Waals surface area (Å²) >= 11 is 0. The largest absolute Gasteiger partial charge is 0.497 e. The van der Waals surface area contributed by atoms with Gasteiger partial charge in [0.05, 0.1) is 19.7 Å². The normalized spacial score (nSPS) is 11.1. The predicted molar refractivity (Wildman–Crippen MR) is 129 cm³/mol. The van der Waals surface area contributed by atoms with Crippen molar-refractivity contribution in [3.8, 4) is 22.6 Å².